The van der Waals surface area contributed by atoms with Crippen molar-refractivity contribution >= 4 is 50.3 Å². The van der Waals surface area contributed by atoms with E-state index in [1.807, 2.05) is 0 Å². The summed E-state index contributed by atoms with van der Waals surface area (Å²) in [6.07, 6.45) is 2.51. The molecule has 4 aromatic rings. The van der Waals surface area contributed by atoms with E-state index in [1.165, 1.54) is 39.7 Å². The van der Waals surface area contributed by atoms with Crippen LogP contribution in [0.5, 0.6) is 0 Å². The third-order valence-electron chi connectivity index (χ3n) is 6.10. The molecule has 3 heteroatoms. The highest BCUT2D eigenvalue weighted by molar-refractivity contribution is 7.89. The topological polar surface area (TPSA) is 0 Å². The average molecular weight is 487 g/mol. The predicted octanol–water partition coefficient (Wildman–Crippen LogP) is 6.67. The second kappa shape index (κ2) is 12.0. The third kappa shape index (κ3) is 5.81. The summed E-state index contributed by atoms with van der Waals surface area (Å²) < 4.78 is 0. The molecule has 0 saturated carbocycles. The maximum absolute atomic E-state index is 2.44. The standard InChI is InChI=1S/C30H33P3/c1-4-31(5-2)29-22-14-15-23-30(29)33(27-19-10-7-11-20-27)24-32(26-17-8-6-9-18-26)28-21-13-12-16-25(28)3/h6-23H,4-5,24H2,1-3H3. The monoisotopic (exact) mass is 486 g/mol. The van der Waals surface area contributed by atoms with Crippen LogP contribution in [0.4, 0.5) is 0 Å². The zero-order valence-corrected chi connectivity index (χ0v) is 22.5. The Hall–Kier alpha value is -1.83. The maximum atomic E-state index is 2.44. The molecular formula is C30H33P3. The van der Waals surface area contributed by atoms with Gasteiger partial charge in [-0.05, 0) is 67.2 Å². The Morgan fingerprint density at radius 1 is 0.485 bits per heavy atom. The van der Waals surface area contributed by atoms with Crippen LogP contribution in [0, 0.1) is 6.92 Å². The van der Waals surface area contributed by atoms with E-state index in [0.29, 0.717) is 0 Å². The minimum Gasteiger partial charge on any atom is -0.0752 e. The zero-order valence-electron chi connectivity index (χ0n) is 19.9. The van der Waals surface area contributed by atoms with Crippen molar-refractivity contribution in [2.45, 2.75) is 20.8 Å². The van der Waals surface area contributed by atoms with Crippen LogP contribution in [0.15, 0.2) is 109 Å². The van der Waals surface area contributed by atoms with Crippen LogP contribution in [0.3, 0.4) is 0 Å². The lowest BCUT2D eigenvalue weighted by Crippen LogP contribution is -2.29. The summed E-state index contributed by atoms with van der Waals surface area (Å²) in [5, 5.41) is 7.73. The van der Waals surface area contributed by atoms with Crippen LogP contribution >= 0.6 is 23.8 Å². The van der Waals surface area contributed by atoms with Gasteiger partial charge in [0, 0.05) is 5.90 Å². The lowest BCUT2D eigenvalue weighted by Gasteiger charge is -2.30. The van der Waals surface area contributed by atoms with Gasteiger partial charge in [-0.25, -0.2) is 0 Å². The van der Waals surface area contributed by atoms with E-state index in [4.69, 9.17) is 0 Å². The molecule has 0 aliphatic heterocycles. The highest BCUT2D eigenvalue weighted by Gasteiger charge is 2.26. The maximum Gasteiger partial charge on any atom is 0.00408 e. The largest absolute Gasteiger partial charge is 0.0752 e. The van der Waals surface area contributed by atoms with Crippen molar-refractivity contribution in [3.63, 3.8) is 0 Å². The second-order valence-electron chi connectivity index (χ2n) is 8.12. The smallest absolute Gasteiger partial charge is 0.00408 e. The van der Waals surface area contributed by atoms with Gasteiger partial charge in [0.15, 0.2) is 0 Å². The molecule has 2 unspecified atom stereocenters. The van der Waals surface area contributed by atoms with E-state index < -0.39 is 15.8 Å². The Morgan fingerprint density at radius 2 is 0.909 bits per heavy atom. The Kier molecular flexibility index (Phi) is 8.87. The van der Waals surface area contributed by atoms with Crippen LogP contribution in [-0.4, -0.2) is 18.2 Å². The number of hydrogen-bond donors (Lipinski definition) is 0. The van der Waals surface area contributed by atoms with Gasteiger partial charge < -0.3 is 0 Å². The first-order chi connectivity index (χ1) is 16.2. The zero-order chi connectivity index (χ0) is 23.0. The molecule has 0 aliphatic rings. The van der Waals surface area contributed by atoms with E-state index >= 15 is 0 Å². The summed E-state index contributed by atoms with van der Waals surface area (Å²) in [5.41, 5.74) is 1.41. The first kappa shape index (κ1) is 24.3. The average Bonchev–Trinajstić information content (AvgIpc) is 2.88. The molecule has 0 nitrogen and oxygen atoms in total. The van der Waals surface area contributed by atoms with Crippen molar-refractivity contribution in [2.24, 2.45) is 0 Å². The first-order valence-electron chi connectivity index (χ1n) is 11.8. The van der Waals surface area contributed by atoms with Crippen molar-refractivity contribution < 1.29 is 0 Å². The van der Waals surface area contributed by atoms with Crippen molar-refractivity contribution in [3.8, 4) is 0 Å². The van der Waals surface area contributed by atoms with E-state index in [-0.39, 0.29) is 7.92 Å². The fourth-order valence-electron chi connectivity index (χ4n) is 4.34. The highest BCUT2D eigenvalue weighted by Crippen LogP contribution is 2.50. The van der Waals surface area contributed by atoms with Gasteiger partial charge in [-0.2, -0.15) is 0 Å². The van der Waals surface area contributed by atoms with Gasteiger partial charge in [0.25, 0.3) is 0 Å². The van der Waals surface area contributed by atoms with Crippen molar-refractivity contribution in [1.29, 1.82) is 0 Å². The molecule has 2 atom stereocenters. The summed E-state index contributed by atoms with van der Waals surface area (Å²) >= 11 is 0. The molecule has 0 spiro atoms. The Morgan fingerprint density at radius 3 is 1.42 bits per heavy atom. The summed E-state index contributed by atoms with van der Waals surface area (Å²) in [7, 11) is -1.04. The Bertz CT molecular complexity index is 1140. The first-order valence-corrected chi connectivity index (χ1v) is 16.5. The predicted molar refractivity (Wildman–Crippen MR) is 155 cm³/mol. The van der Waals surface area contributed by atoms with E-state index in [9.17, 15) is 0 Å². The minimum atomic E-state index is -0.470. The van der Waals surface area contributed by atoms with Gasteiger partial charge in [-0.3, -0.25) is 0 Å². The molecule has 0 amide bonds. The van der Waals surface area contributed by atoms with Crippen LogP contribution in [0.25, 0.3) is 0 Å². The molecule has 0 N–H and O–H groups in total. The van der Waals surface area contributed by atoms with Crippen LogP contribution in [-0.2, 0) is 0 Å². The summed E-state index contributed by atoms with van der Waals surface area (Å²) in [6, 6.07) is 40.9. The fourth-order valence-corrected chi connectivity index (χ4v) is 13.6. The van der Waals surface area contributed by atoms with Gasteiger partial charge >= 0.3 is 0 Å². The SMILES string of the molecule is CCP(CC)c1ccccc1P(CP(c1ccccc1)c1ccccc1C)c1ccccc1. The van der Waals surface area contributed by atoms with Gasteiger partial charge in [0.2, 0.25) is 0 Å². The quantitative estimate of drug-likeness (QED) is 0.232. The normalized spacial score (nSPS) is 13.1. The van der Waals surface area contributed by atoms with Crippen molar-refractivity contribution in [3.05, 3.63) is 115 Å². The summed E-state index contributed by atoms with van der Waals surface area (Å²) in [5.74, 6) is 1.19. The van der Waals surface area contributed by atoms with Gasteiger partial charge in [0.1, 0.15) is 0 Å². The van der Waals surface area contributed by atoms with Gasteiger partial charge in [0.05, 0.1) is 0 Å². The Labute approximate surface area is 203 Å². The molecule has 0 heterocycles. The molecule has 0 aliphatic carbocycles. The molecule has 4 rings (SSSR count). The number of benzene rings is 4. The number of rotatable bonds is 9. The fraction of sp³-hybridized carbons (Fsp3) is 0.200. The van der Waals surface area contributed by atoms with Gasteiger partial charge in [-0.15, -0.1) is 0 Å². The molecule has 4 aromatic carbocycles. The molecule has 0 fully saturated rings. The molecule has 33 heavy (non-hydrogen) atoms. The van der Waals surface area contributed by atoms with Crippen molar-refractivity contribution in [2.75, 3.05) is 18.2 Å². The van der Waals surface area contributed by atoms with Gasteiger partial charge in [-0.1, -0.05) is 131 Å². The lowest BCUT2D eigenvalue weighted by atomic mass is 10.2. The molecular weight excluding hydrogens is 453 g/mol. The van der Waals surface area contributed by atoms with E-state index in [1.54, 1.807) is 10.6 Å². The summed E-state index contributed by atoms with van der Waals surface area (Å²) in [6.45, 7) is 7.00. The molecule has 0 aromatic heterocycles. The molecule has 0 saturated heterocycles. The second-order valence-corrected chi connectivity index (χ2v) is 15.8. The minimum absolute atomic E-state index is 0.111. The molecule has 168 valence electrons. The molecule has 0 radical (unpaired) electrons. The molecule has 0 bridgehead atoms. The van der Waals surface area contributed by atoms with Crippen molar-refractivity contribution in [1.82, 2.24) is 0 Å². The lowest BCUT2D eigenvalue weighted by molar-refractivity contribution is 1.42. The van der Waals surface area contributed by atoms with Crippen LogP contribution < -0.4 is 26.5 Å². The van der Waals surface area contributed by atoms with E-state index in [2.05, 4.69) is 130 Å². The van der Waals surface area contributed by atoms with Crippen LogP contribution in [0.1, 0.15) is 19.4 Å². The van der Waals surface area contributed by atoms with E-state index in [0.717, 1.165) is 0 Å². The highest BCUT2D eigenvalue weighted by atomic mass is 31.2. The number of hydrogen-bond acceptors (Lipinski definition) is 0. The Balaban J connectivity index is 1.86. The third-order valence-corrected chi connectivity index (χ3v) is 15.0. The number of aryl methyl sites for hydroxylation is 1. The summed E-state index contributed by atoms with van der Waals surface area (Å²) in [4.78, 5) is 0. The van der Waals surface area contributed by atoms with Crippen LogP contribution in [0.2, 0.25) is 0 Å².